The Hall–Kier alpha value is -0.930. The van der Waals surface area contributed by atoms with Crippen LogP contribution >= 0.6 is 0 Å². The Kier molecular flexibility index (Phi) is 5.29. The second-order valence-electron chi connectivity index (χ2n) is 6.27. The molecule has 1 aromatic rings. The lowest BCUT2D eigenvalue weighted by Gasteiger charge is -2.28. The average molecular weight is 249 g/mol. The van der Waals surface area contributed by atoms with Crippen molar-refractivity contribution in [3.8, 4) is 0 Å². The molecule has 0 aromatic carbocycles. The highest BCUT2D eigenvalue weighted by Crippen LogP contribution is 2.19. The minimum Gasteiger partial charge on any atom is -0.327 e. The fourth-order valence-corrected chi connectivity index (χ4v) is 1.84. The minimum absolute atomic E-state index is 0.183. The number of nitrogens with two attached hydrogens (primary N) is 1. The predicted molar refractivity (Wildman–Crippen MR) is 77.4 cm³/mol. The van der Waals surface area contributed by atoms with Crippen LogP contribution in [0.2, 0.25) is 0 Å². The molecule has 0 saturated heterocycles. The summed E-state index contributed by atoms with van der Waals surface area (Å²) < 4.78 is 0. The topological polar surface area (TPSA) is 42.1 Å². The van der Waals surface area contributed by atoms with Gasteiger partial charge in [0, 0.05) is 18.3 Å². The van der Waals surface area contributed by atoms with Gasteiger partial charge in [0.05, 0.1) is 5.69 Å². The zero-order valence-electron chi connectivity index (χ0n) is 12.4. The van der Waals surface area contributed by atoms with Crippen molar-refractivity contribution >= 4 is 0 Å². The van der Waals surface area contributed by atoms with E-state index < -0.39 is 0 Å². The summed E-state index contributed by atoms with van der Waals surface area (Å²) in [5.41, 5.74) is 8.56. The summed E-state index contributed by atoms with van der Waals surface area (Å²) in [4.78, 5) is 6.80. The van der Waals surface area contributed by atoms with Gasteiger partial charge < -0.3 is 10.6 Å². The van der Waals surface area contributed by atoms with Gasteiger partial charge in [0.25, 0.3) is 0 Å². The molecule has 0 bridgehead atoms. The molecule has 0 fully saturated rings. The highest BCUT2D eigenvalue weighted by Gasteiger charge is 2.20. The SMILES string of the molecule is Cc1cccc(CN(C)CCC(N)C(C)(C)C)n1. The highest BCUT2D eigenvalue weighted by molar-refractivity contribution is 5.09. The van der Waals surface area contributed by atoms with E-state index in [4.69, 9.17) is 5.73 Å². The molecule has 1 heterocycles. The number of aryl methyl sites for hydroxylation is 1. The molecule has 3 heteroatoms. The van der Waals surface area contributed by atoms with Crippen LogP contribution in [0.3, 0.4) is 0 Å². The summed E-state index contributed by atoms with van der Waals surface area (Å²) in [6.45, 7) is 10.5. The van der Waals surface area contributed by atoms with E-state index in [-0.39, 0.29) is 11.5 Å². The number of rotatable bonds is 5. The summed E-state index contributed by atoms with van der Waals surface area (Å²) in [6, 6.07) is 6.41. The highest BCUT2D eigenvalue weighted by atomic mass is 15.1. The minimum atomic E-state index is 0.183. The van der Waals surface area contributed by atoms with E-state index in [1.54, 1.807) is 0 Å². The first kappa shape index (κ1) is 15.1. The van der Waals surface area contributed by atoms with Gasteiger partial charge in [-0.2, -0.15) is 0 Å². The van der Waals surface area contributed by atoms with Crippen molar-refractivity contribution in [3.05, 3.63) is 29.6 Å². The molecule has 0 radical (unpaired) electrons. The van der Waals surface area contributed by atoms with Crippen LogP contribution < -0.4 is 5.73 Å². The maximum atomic E-state index is 6.17. The van der Waals surface area contributed by atoms with Crippen LogP contribution in [0, 0.1) is 12.3 Å². The molecule has 0 aliphatic carbocycles. The number of pyridine rings is 1. The van der Waals surface area contributed by atoms with Gasteiger partial charge in [0.2, 0.25) is 0 Å². The standard InChI is InChI=1S/C15H27N3/c1-12-7-6-8-13(17-12)11-18(5)10-9-14(16)15(2,3)4/h6-8,14H,9-11,16H2,1-5H3. The van der Waals surface area contributed by atoms with Gasteiger partial charge in [-0.25, -0.2) is 0 Å². The van der Waals surface area contributed by atoms with Crippen molar-refractivity contribution in [1.29, 1.82) is 0 Å². The number of hydrogen-bond donors (Lipinski definition) is 1. The monoisotopic (exact) mass is 249 g/mol. The Bertz CT molecular complexity index is 368. The lowest BCUT2D eigenvalue weighted by molar-refractivity contribution is 0.250. The van der Waals surface area contributed by atoms with Crippen LogP contribution in [-0.2, 0) is 6.54 Å². The molecule has 1 aromatic heterocycles. The van der Waals surface area contributed by atoms with Crippen LogP contribution in [0.5, 0.6) is 0 Å². The van der Waals surface area contributed by atoms with Crippen molar-refractivity contribution in [1.82, 2.24) is 9.88 Å². The lowest BCUT2D eigenvalue weighted by atomic mass is 9.85. The first-order valence-electron chi connectivity index (χ1n) is 6.65. The number of hydrogen-bond acceptors (Lipinski definition) is 3. The molecule has 0 saturated carbocycles. The summed E-state index contributed by atoms with van der Waals surface area (Å²) in [5, 5.41) is 0. The van der Waals surface area contributed by atoms with E-state index in [9.17, 15) is 0 Å². The second-order valence-corrected chi connectivity index (χ2v) is 6.27. The summed E-state index contributed by atoms with van der Waals surface area (Å²) in [6.07, 6.45) is 1.02. The van der Waals surface area contributed by atoms with Gasteiger partial charge in [-0.3, -0.25) is 4.98 Å². The Morgan fingerprint density at radius 2 is 2.00 bits per heavy atom. The molecule has 0 aliphatic rings. The van der Waals surface area contributed by atoms with Crippen LogP contribution in [0.4, 0.5) is 0 Å². The molecule has 18 heavy (non-hydrogen) atoms. The molecule has 3 nitrogen and oxygen atoms in total. The Balaban J connectivity index is 2.41. The maximum Gasteiger partial charge on any atom is 0.0547 e. The van der Waals surface area contributed by atoms with E-state index in [0.717, 1.165) is 30.9 Å². The van der Waals surface area contributed by atoms with Crippen molar-refractivity contribution in [2.45, 2.75) is 46.7 Å². The lowest BCUT2D eigenvalue weighted by Crippen LogP contribution is -2.38. The van der Waals surface area contributed by atoms with Crippen LogP contribution in [0.1, 0.15) is 38.6 Å². The smallest absolute Gasteiger partial charge is 0.0547 e. The molecular formula is C15H27N3. The normalized spacial score (nSPS) is 13.9. The molecule has 1 rings (SSSR count). The predicted octanol–water partition coefficient (Wildman–Crippen LogP) is 2.59. The summed E-state index contributed by atoms with van der Waals surface area (Å²) in [5.74, 6) is 0. The Labute approximate surface area is 111 Å². The molecule has 1 atom stereocenters. The maximum absolute atomic E-state index is 6.17. The Morgan fingerprint density at radius 1 is 1.33 bits per heavy atom. The number of nitrogens with zero attached hydrogens (tertiary/aromatic N) is 2. The zero-order valence-corrected chi connectivity index (χ0v) is 12.4. The van der Waals surface area contributed by atoms with Gasteiger partial charge in [-0.15, -0.1) is 0 Å². The van der Waals surface area contributed by atoms with Gasteiger partial charge in [-0.05, 0) is 44.5 Å². The van der Waals surface area contributed by atoms with Crippen LogP contribution in [0.15, 0.2) is 18.2 Å². The molecule has 1 unspecified atom stereocenters. The van der Waals surface area contributed by atoms with Crippen molar-refractivity contribution in [2.75, 3.05) is 13.6 Å². The largest absolute Gasteiger partial charge is 0.327 e. The third kappa shape index (κ3) is 5.15. The van der Waals surface area contributed by atoms with E-state index in [1.807, 2.05) is 13.0 Å². The van der Waals surface area contributed by atoms with E-state index in [0.29, 0.717) is 0 Å². The van der Waals surface area contributed by atoms with E-state index >= 15 is 0 Å². The third-order valence-corrected chi connectivity index (χ3v) is 3.31. The van der Waals surface area contributed by atoms with Gasteiger partial charge in [-0.1, -0.05) is 26.8 Å². The first-order valence-corrected chi connectivity index (χ1v) is 6.65. The zero-order chi connectivity index (χ0) is 13.8. The van der Waals surface area contributed by atoms with Crippen LogP contribution in [-0.4, -0.2) is 29.5 Å². The van der Waals surface area contributed by atoms with Crippen LogP contribution in [0.25, 0.3) is 0 Å². The molecule has 0 spiro atoms. The summed E-state index contributed by atoms with van der Waals surface area (Å²) >= 11 is 0. The van der Waals surface area contributed by atoms with Crippen molar-refractivity contribution < 1.29 is 0 Å². The van der Waals surface area contributed by atoms with E-state index in [2.05, 4.69) is 49.8 Å². The second kappa shape index (κ2) is 6.30. The fourth-order valence-electron chi connectivity index (χ4n) is 1.84. The van der Waals surface area contributed by atoms with E-state index in [1.165, 1.54) is 0 Å². The number of aromatic nitrogens is 1. The molecular weight excluding hydrogens is 222 g/mol. The summed E-state index contributed by atoms with van der Waals surface area (Å²) in [7, 11) is 2.12. The van der Waals surface area contributed by atoms with Gasteiger partial charge >= 0.3 is 0 Å². The Morgan fingerprint density at radius 3 is 2.56 bits per heavy atom. The quantitative estimate of drug-likeness (QED) is 0.872. The molecule has 102 valence electrons. The fraction of sp³-hybridized carbons (Fsp3) is 0.667. The molecule has 0 aliphatic heterocycles. The van der Waals surface area contributed by atoms with Gasteiger partial charge in [0.15, 0.2) is 0 Å². The average Bonchev–Trinajstić information content (AvgIpc) is 2.24. The van der Waals surface area contributed by atoms with Crippen molar-refractivity contribution in [2.24, 2.45) is 11.1 Å². The van der Waals surface area contributed by atoms with Crippen molar-refractivity contribution in [3.63, 3.8) is 0 Å². The first-order chi connectivity index (χ1) is 8.29. The van der Waals surface area contributed by atoms with Gasteiger partial charge in [0.1, 0.15) is 0 Å². The molecule has 2 N–H and O–H groups in total. The third-order valence-electron chi connectivity index (χ3n) is 3.31. The molecule has 0 amide bonds.